The summed E-state index contributed by atoms with van der Waals surface area (Å²) in [5, 5.41) is 37.4. The molecule has 0 fully saturated rings. The van der Waals surface area contributed by atoms with Gasteiger partial charge in [-0.15, -0.1) is 0 Å². The Morgan fingerprint density at radius 3 is 1.64 bits per heavy atom. The molecule has 0 aliphatic heterocycles. The zero-order valence-corrected chi connectivity index (χ0v) is 20.6. The summed E-state index contributed by atoms with van der Waals surface area (Å²) < 4.78 is 36.5. The molecule has 2 aromatic heterocycles. The number of rotatable bonds is 3. The molecule has 14 N–H and O–H groups in total. The number of nitrogens with one attached hydrogen (secondary N) is 2. The van der Waals surface area contributed by atoms with Crippen LogP contribution in [0.4, 0.5) is 11.6 Å². The Hall–Kier alpha value is -4.71. The lowest BCUT2D eigenvalue weighted by Crippen LogP contribution is -2.13. The van der Waals surface area contributed by atoms with Crippen LogP contribution in [-0.2, 0) is 15.1 Å². The number of anilines is 2. The van der Waals surface area contributed by atoms with Gasteiger partial charge in [0, 0.05) is 5.69 Å². The smallest absolute Gasteiger partial charge is 0.394 e. The fourth-order valence-corrected chi connectivity index (χ4v) is 1.82. The zero-order valence-electron chi connectivity index (χ0n) is 19.8. The first-order valence-corrected chi connectivity index (χ1v) is 10.5. The predicted octanol–water partition coefficient (Wildman–Crippen LogP) is -0.919. The monoisotopic (exact) mass is 528 g/mol. The first-order chi connectivity index (χ1) is 16.6. The molecule has 0 saturated heterocycles. The predicted molar refractivity (Wildman–Crippen MR) is 127 cm³/mol. The van der Waals surface area contributed by atoms with Gasteiger partial charge in [0.15, 0.2) is 17.2 Å². The number of primary amides is 1. The van der Waals surface area contributed by atoms with Gasteiger partial charge >= 0.3 is 10.4 Å². The van der Waals surface area contributed by atoms with Crippen LogP contribution < -0.4 is 28.9 Å². The van der Waals surface area contributed by atoms with Gasteiger partial charge < -0.3 is 21.9 Å². The van der Waals surface area contributed by atoms with E-state index in [4.69, 9.17) is 55.2 Å². The first kappa shape index (κ1) is 35.9. The Kier molecular flexibility index (Phi) is 18.6. The molecule has 2 heterocycles. The standard InChI is InChI=1S/C7H8N2O.C5H8N4O.C5H6N4.H4N2.H2O4S/c1-3-10-6(2)7(4-8)5-9;1-2-3(5(7)10)4(6)9-8-2;1-3-4(2-6)5(7)9-8-3;1-2;1-5(2,3)4/h3H2,1-2H3;1H3,(H2,7,10)(H3,6,8,9);1H3,(H3,7,8,9);1-2H2;(H2,1,2,3,4). The van der Waals surface area contributed by atoms with Gasteiger partial charge in [0.2, 0.25) is 0 Å². The molecule has 0 aromatic carbocycles. The highest BCUT2D eigenvalue weighted by Crippen LogP contribution is 2.10. The highest BCUT2D eigenvalue weighted by Gasteiger charge is 2.11. The van der Waals surface area contributed by atoms with Crippen molar-refractivity contribution in [1.29, 1.82) is 15.8 Å². The summed E-state index contributed by atoms with van der Waals surface area (Å²) in [4.78, 5) is 10.6. The van der Waals surface area contributed by atoms with Gasteiger partial charge in [0.05, 0.1) is 12.3 Å². The Labute approximate surface area is 206 Å². The highest BCUT2D eigenvalue weighted by atomic mass is 32.3. The number of aromatic amines is 2. The molecule has 198 valence electrons. The lowest BCUT2D eigenvalue weighted by Gasteiger charge is -1.99. The van der Waals surface area contributed by atoms with Gasteiger partial charge in [-0.2, -0.15) is 34.4 Å². The van der Waals surface area contributed by atoms with Gasteiger partial charge in [0.1, 0.15) is 35.1 Å². The van der Waals surface area contributed by atoms with Gasteiger partial charge in [-0.3, -0.25) is 35.8 Å². The third-order valence-corrected chi connectivity index (χ3v) is 3.25. The number of nitrogen functional groups attached to an aromatic ring is 2. The van der Waals surface area contributed by atoms with E-state index >= 15 is 0 Å². The van der Waals surface area contributed by atoms with Crippen LogP contribution in [0.25, 0.3) is 0 Å². The maximum Gasteiger partial charge on any atom is 0.394 e. The lowest BCUT2D eigenvalue weighted by atomic mass is 10.2. The Balaban J connectivity index is -0.000000403. The minimum Gasteiger partial charge on any atom is -0.496 e. The van der Waals surface area contributed by atoms with Gasteiger partial charge in [0.25, 0.3) is 5.91 Å². The van der Waals surface area contributed by atoms with Crippen LogP contribution in [0.1, 0.15) is 41.2 Å². The van der Waals surface area contributed by atoms with Crippen LogP contribution in [0.3, 0.4) is 0 Å². The molecule has 2 rings (SSSR count). The van der Waals surface area contributed by atoms with E-state index in [1.54, 1.807) is 39.8 Å². The van der Waals surface area contributed by atoms with Crippen LogP contribution >= 0.6 is 0 Å². The summed E-state index contributed by atoms with van der Waals surface area (Å²) in [6.45, 7) is 7.32. The average molecular weight is 529 g/mol. The molecular formula is C17H28N12O6S. The second-order valence-corrected chi connectivity index (χ2v) is 6.63. The second kappa shape index (κ2) is 18.7. The molecule has 0 radical (unpaired) electrons. The molecular weight excluding hydrogens is 500 g/mol. The number of hydrazine groups is 1. The lowest BCUT2D eigenvalue weighted by molar-refractivity contribution is 0.100. The molecule has 0 spiro atoms. The minimum atomic E-state index is -4.67. The van der Waals surface area contributed by atoms with Gasteiger partial charge in [-0.05, 0) is 27.7 Å². The molecule has 19 heteroatoms. The molecule has 0 atom stereocenters. The van der Waals surface area contributed by atoms with E-state index in [0.29, 0.717) is 23.6 Å². The summed E-state index contributed by atoms with van der Waals surface area (Å²) in [5.74, 6) is 8.27. The number of H-pyrrole nitrogens is 2. The summed E-state index contributed by atoms with van der Waals surface area (Å²) in [5.41, 5.74) is 17.6. The van der Waals surface area contributed by atoms with Crippen molar-refractivity contribution in [2.45, 2.75) is 27.7 Å². The second-order valence-electron chi connectivity index (χ2n) is 5.73. The topological polar surface area (TPSA) is 360 Å². The first-order valence-electron chi connectivity index (χ1n) is 9.12. The van der Waals surface area contributed by atoms with E-state index in [1.165, 1.54) is 0 Å². The highest BCUT2D eigenvalue weighted by molar-refractivity contribution is 7.79. The number of hydrogen-bond acceptors (Lipinski definition) is 13. The van der Waals surface area contributed by atoms with Crippen LogP contribution in [0.2, 0.25) is 0 Å². The van der Waals surface area contributed by atoms with Crippen molar-refractivity contribution in [3.63, 3.8) is 0 Å². The Morgan fingerprint density at radius 1 is 1.03 bits per heavy atom. The number of amides is 1. The number of nitriles is 3. The number of carbonyl (C=O) groups excluding carboxylic acids is 1. The van der Waals surface area contributed by atoms with Crippen molar-refractivity contribution in [2.75, 3.05) is 18.1 Å². The van der Waals surface area contributed by atoms with Crippen molar-refractivity contribution >= 4 is 27.9 Å². The van der Waals surface area contributed by atoms with Crippen molar-refractivity contribution in [2.24, 2.45) is 17.4 Å². The Bertz CT molecular complexity index is 1170. The normalized spacial score (nSPS) is 8.69. The Morgan fingerprint density at radius 2 is 1.44 bits per heavy atom. The molecule has 0 aliphatic rings. The fourth-order valence-electron chi connectivity index (χ4n) is 1.82. The van der Waals surface area contributed by atoms with E-state index in [0.717, 1.165) is 5.69 Å². The third-order valence-electron chi connectivity index (χ3n) is 3.25. The van der Waals surface area contributed by atoms with Crippen LogP contribution in [0, 0.1) is 47.8 Å². The quantitative estimate of drug-likeness (QED) is 0.0764. The molecule has 2 aromatic rings. The maximum atomic E-state index is 10.6. The number of ether oxygens (including phenoxy) is 1. The van der Waals surface area contributed by atoms with Crippen molar-refractivity contribution in [1.82, 2.24) is 20.4 Å². The number of nitrogens with two attached hydrogens (primary N) is 5. The summed E-state index contributed by atoms with van der Waals surface area (Å²) in [7, 11) is -4.67. The molecule has 0 saturated carbocycles. The maximum absolute atomic E-state index is 10.6. The third kappa shape index (κ3) is 16.0. The number of aryl methyl sites for hydroxylation is 2. The van der Waals surface area contributed by atoms with E-state index in [2.05, 4.69) is 32.1 Å². The number of nitrogens with zero attached hydrogens (tertiary/aromatic N) is 5. The number of allylic oxidation sites excluding steroid dienone is 2. The number of carbonyl (C=O) groups is 1. The van der Waals surface area contributed by atoms with E-state index in [-0.39, 0.29) is 22.8 Å². The number of aromatic nitrogens is 4. The summed E-state index contributed by atoms with van der Waals surface area (Å²) >= 11 is 0. The summed E-state index contributed by atoms with van der Waals surface area (Å²) in [6, 6.07) is 5.38. The van der Waals surface area contributed by atoms with Crippen molar-refractivity contribution in [3.05, 3.63) is 33.8 Å². The zero-order chi connectivity index (χ0) is 29.1. The van der Waals surface area contributed by atoms with Crippen LogP contribution in [0.15, 0.2) is 11.3 Å². The van der Waals surface area contributed by atoms with Crippen molar-refractivity contribution in [3.8, 4) is 18.2 Å². The largest absolute Gasteiger partial charge is 0.496 e. The molecule has 1 amide bonds. The number of hydrogen-bond donors (Lipinski definition) is 9. The molecule has 18 nitrogen and oxygen atoms in total. The van der Waals surface area contributed by atoms with E-state index < -0.39 is 16.3 Å². The van der Waals surface area contributed by atoms with Crippen LogP contribution in [-0.4, -0.2) is 50.4 Å². The molecule has 0 aliphatic carbocycles. The molecule has 0 unspecified atom stereocenters. The van der Waals surface area contributed by atoms with Gasteiger partial charge in [-0.1, -0.05) is 0 Å². The van der Waals surface area contributed by atoms with E-state index in [9.17, 15) is 4.79 Å². The molecule has 0 bridgehead atoms. The van der Waals surface area contributed by atoms with Gasteiger partial charge in [-0.25, -0.2) is 0 Å². The average Bonchev–Trinajstić information content (AvgIpc) is 3.30. The molecule has 36 heavy (non-hydrogen) atoms. The fraction of sp³-hybridized carbons (Fsp3) is 0.294. The minimum absolute atomic E-state index is 0.0434. The van der Waals surface area contributed by atoms with Crippen LogP contribution in [0.5, 0.6) is 0 Å². The van der Waals surface area contributed by atoms with E-state index in [1.807, 2.05) is 6.07 Å². The van der Waals surface area contributed by atoms with Crippen molar-refractivity contribution < 1.29 is 27.1 Å². The summed E-state index contributed by atoms with van der Waals surface area (Å²) in [6.07, 6.45) is 0. The SMILES string of the molecule is CCOC(C)=C(C#N)C#N.Cc1[nH]nc(N)c1C#N.Cc1[nH]nc(N)c1C(N)=O.NN.O=S(=O)(O)O.